The number of nitrogens with zero attached hydrogens (tertiary/aromatic N) is 3. The number of amides is 3. The third kappa shape index (κ3) is 3.12. The minimum atomic E-state index is -5.55. The van der Waals surface area contributed by atoms with Crippen LogP contribution in [0.15, 0.2) is 47.5 Å². The molecule has 12 heteroatoms. The second-order valence-corrected chi connectivity index (χ2v) is 9.46. The number of imide groups is 1. The number of ether oxygens (including phenoxy) is 1. The molecular weight excluding hydrogens is 451 g/mol. The van der Waals surface area contributed by atoms with E-state index in [0.29, 0.717) is 18.7 Å². The third-order valence-electron chi connectivity index (χ3n) is 5.61. The van der Waals surface area contributed by atoms with Gasteiger partial charge in [-0.3, -0.25) is 9.69 Å². The first-order valence-corrected chi connectivity index (χ1v) is 11.1. The molecule has 1 spiro atoms. The van der Waals surface area contributed by atoms with Crippen LogP contribution in [0.4, 0.5) is 29.3 Å². The Kier molecular flexibility index (Phi) is 4.96. The van der Waals surface area contributed by atoms with Crippen molar-refractivity contribution in [3.05, 3.63) is 42.6 Å². The quantitative estimate of drug-likeness (QED) is 0.622. The van der Waals surface area contributed by atoms with Gasteiger partial charge in [0.2, 0.25) is 5.88 Å². The van der Waals surface area contributed by atoms with E-state index in [9.17, 15) is 31.2 Å². The molecule has 0 radical (unpaired) electrons. The fourth-order valence-electron chi connectivity index (χ4n) is 3.91. The normalized spacial score (nSPS) is 23.2. The Morgan fingerprint density at radius 3 is 2.31 bits per heavy atom. The Morgan fingerprint density at radius 1 is 1.16 bits per heavy atom. The maximum absolute atomic E-state index is 13.3. The van der Waals surface area contributed by atoms with Crippen LogP contribution in [-0.4, -0.2) is 43.0 Å². The smallest absolute Gasteiger partial charge is 0.478 e. The minimum Gasteiger partial charge on any atom is -0.478 e. The van der Waals surface area contributed by atoms with Crippen LogP contribution in [-0.2, 0) is 14.6 Å². The van der Waals surface area contributed by atoms with Crippen LogP contribution in [0.5, 0.6) is 5.88 Å². The van der Waals surface area contributed by atoms with E-state index in [1.54, 1.807) is 13.0 Å². The van der Waals surface area contributed by atoms with Crippen molar-refractivity contribution in [2.75, 3.05) is 16.4 Å². The fraction of sp³-hybridized carbons (Fsp3) is 0.350. The molecule has 2 unspecified atom stereocenters. The molecule has 32 heavy (non-hydrogen) atoms. The number of sulfone groups is 1. The van der Waals surface area contributed by atoms with E-state index in [4.69, 9.17) is 4.74 Å². The lowest BCUT2D eigenvalue weighted by molar-refractivity contribution is -0.119. The first-order valence-electron chi connectivity index (χ1n) is 9.64. The zero-order valence-corrected chi connectivity index (χ0v) is 17.8. The predicted molar refractivity (Wildman–Crippen MR) is 107 cm³/mol. The molecule has 2 aliphatic rings. The summed E-state index contributed by atoms with van der Waals surface area (Å²) in [6.45, 7) is 3.93. The van der Waals surface area contributed by atoms with E-state index in [1.165, 1.54) is 17.2 Å². The van der Waals surface area contributed by atoms with Gasteiger partial charge in [0.15, 0.2) is 0 Å². The summed E-state index contributed by atoms with van der Waals surface area (Å²) in [5, 5.41) is 0. The molecule has 1 aliphatic heterocycles. The van der Waals surface area contributed by atoms with Crippen LogP contribution in [0.1, 0.15) is 20.3 Å². The maximum atomic E-state index is 13.3. The Balaban J connectivity index is 1.72. The van der Waals surface area contributed by atoms with Gasteiger partial charge < -0.3 is 4.74 Å². The number of anilines is 2. The summed E-state index contributed by atoms with van der Waals surface area (Å²) in [4.78, 5) is 31.8. The van der Waals surface area contributed by atoms with Crippen molar-refractivity contribution in [1.82, 2.24) is 4.98 Å². The van der Waals surface area contributed by atoms with Crippen LogP contribution < -0.4 is 14.5 Å². The number of aromatic nitrogens is 1. The van der Waals surface area contributed by atoms with Crippen molar-refractivity contribution in [1.29, 1.82) is 0 Å². The zero-order valence-electron chi connectivity index (χ0n) is 17.0. The molecule has 170 valence electrons. The highest BCUT2D eigenvalue weighted by Crippen LogP contribution is 2.55. The van der Waals surface area contributed by atoms with E-state index in [2.05, 4.69) is 4.98 Å². The maximum Gasteiger partial charge on any atom is 0.501 e. The Labute approximate surface area is 181 Å². The number of hydrogen-bond donors (Lipinski definition) is 0. The van der Waals surface area contributed by atoms with Crippen LogP contribution in [0.3, 0.4) is 0 Å². The van der Waals surface area contributed by atoms with Gasteiger partial charge in [0, 0.05) is 12.3 Å². The van der Waals surface area contributed by atoms with Gasteiger partial charge in [-0.05, 0) is 49.6 Å². The molecule has 3 amide bonds. The zero-order chi connectivity index (χ0) is 23.5. The molecule has 0 N–H and O–H groups in total. The molecule has 1 aromatic carbocycles. The summed E-state index contributed by atoms with van der Waals surface area (Å²) in [6, 6.07) is 5.87. The molecule has 2 heterocycles. The van der Waals surface area contributed by atoms with Gasteiger partial charge in [0.1, 0.15) is 5.54 Å². The number of alkyl halides is 3. The van der Waals surface area contributed by atoms with Crippen LogP contribution in [0, 0.1) is 5.92 Å². The summed E-state index contributed by atoms with van der Waals surface area (Å²) in [5.41, 5.74) is -6.22. The van der Waals surface area contributed by atoms with Gasteiger partial charge in [0.25, 0.3) is 15.7 Å². The molecular formula is C20H18F3N3O5S. The first kappa shape index (κ1) is 22.1. The second-order valence-electron chi connectivity index (χ2n) is 7.52. The van der Waals surface area contributed by atoms with Crippen molar-refractivity contribution in [2.45, 2.75) is 36.2 Å². The lowest BCUT2D eigenvalue weighted by atomic mass is 10.1. The number of benzene rings is 1. The average Bonchev–Trinajstić information content (AvgIpc) is 3.33. The number of urea groups is 1. The Hall–Kier alpha value is -3.15. The Bertz CT molecular complexity index is 1200. The van der Waals surface area contributed by atoms with Crippen LogP contribution in [0.25, 0.3) is 0 Å². The standard InChI is InChI=1S/C20H18F3N3O5S/c1-3-31-16-10-14(8-9-24-16)26-18(28)25(17(27)19(26)11-12(19)2)13-4-6-15(7-5-13)32(29,30)20(21,22)23/h4-10,12H,3,11H2,1-2H3. The largest absolute Gasteiger partial charge is 0.501 e. The molecule has 2 fully saturated rings. The van der Waals surface area contributed by atoms with Crippen molar-refractivity contribution >= 4 is 33.2 Å². The van der Waals surface area contributed by atoms with Gasteiger partial charge in [0.05, 0.1) is 22.9 Å². The number of pyridine rings is 1. The molecule has 1 saturated carbocycles. The highest BCUT2D eigenvalue weighted by atomic mass is 32.2. The van der Waals surface area contributed by atoms with Gasteiger partial charge in [-0.25, -0.2) is 23.1 Å². The van der Waals surface area contributed by atoms with Crippen molar-refractivity contribution < 1.29 is 35.9 Å². The van der Waals surface area contributed by atoms with Crippen LogP contribution >= 0.6 is 0 Å². The van der Waals surface area contributed by atoms with Crippen molar-refractivity contribution in [3.63, 3.8) is 0 Å². The summed E-state index contributed by atoms with van der Waals surface area (Å²) < 4.78 is 66.9. The number of hydrogen-bond acceptors (Lipinski definition) is 6. The molecule has 1 saturated heterocycles. The molecule has 1 aliphatic carbocycles. The summed E-state index contributed by atoms with van der Waals surface area (Å²) >= 11 is 0. The Morgan fingerprint density at radius 2 is 1.78 bits per heavy atom. The predicted octanol–water partition coefficient (Wildman–Crippen LogP) is 3.53. The van der Waals surface area contributed by atoms with E-state index >= 15 is 0 Å². The fourth-order valence-corrected chi connectivity index (χ4v) is 4.67. The molecule has 2 atom stereocenters. The lowest BCUT2D eigenvalue weighted by Gasteiger charge is -2.22. The minimum absolute atomic E-state index is 0.0267. The van der Waals surface area contributed by atoms with Crippen molar-refractivity contribution in [2.24, 2.45) is 5.92 Å². The first-order chi connectivity index (χ1) is 14.9. The van der Waals surface area contributed by atoms with Gasteiger partial charge >= 0.3 is 11.5 Å². The molecule has 4 rings (SSSR count). The third-order valence-corrected chi connectivity index (χ3v) is 7.11. The van der Waals surface area contributed by atoms with E-state index < -0.39 is 37.7 Å². The molecule has 0 bridgehead atoms. The van der Waals surface area contributed by atoms with Crippen LogP contribution in [0.2, 0.25) is 0 Å². The molecule has 2 aromatic rings. The average molecular weight is 469 g/mol. The van der Waals surface area contributed by atoms with Gasteiger partial charge in [-0.2, -0.15) is 13.2 Å². The monoisotopic (exact) mass is 469 g/mol. The number of halogens is 3. The second kappa shape index (κ2) is 7.19. The number of rotatable bonds is 5. The van der Waals surface area contributed by atoms with E-state index in [-0.39, 0.29) is 17.5 Å². The van der Waals surface area contributed by atoms with E-state index in [0.717, 1.165) is 29.2 Å². The number of carbonyl (C=O) groups is 2. The summed E-state index contributed by atoms with van der Waals surface area (Å²) in [7, 11) is -5.55. The van der Waals surface area contributed by atoms with E-state index in [1.807, 2.05) is 6.92 Å². The van der Waals surface area contributed by atoms with Gasteiger partial charge in [-0.1, -0.05) is 6.92 Å². The van der Waals surface area contributed by atoms with Crippen molar-refractivity contribution in [3.8, 4) is 5.88 Å². The summed E-state index contributed by atoms with van der Waals surface area (Å²) in [6.07, 6.45) is 1.85. The summed E-state index contributed by atoms with van der Waals surface area (Å²) in [5.74, 6) is -0.414. The topological polar surface area (TPSA) is 96.9 Å². The molecule has 8 nitrogen and oxygen atoms in total. The van der Waals surface area contributed by atoms with Gasteiger partial charge in [-0.15, -0.1) is 0 Å². The lowest BCUT2D eigenvalue weighted by Crippen LogP contribution is -2.38. The molecule has 1 aromatic heterocycles. The SMILES string of the molecule is CCOc1cc(N2C(=O)N(c3ccc(S(=O)(=O)C(F)(F)F)cc3)C(=O)C23CC3C)ccn1. The number of carbonyl (C=O) groups excluding carboxylic acids is 2. The highest BCUT2D eigenvalue weighted by molar-refractivity contribution is 7.92. The highest BCUT2D eigenvalue weighted by Gasteiger charge is 2.70.